The summed E-state index contributed by atoms with van der Waals surface area (Å²) < 4.78 is 57.1. The summed E-state index contributed by atoms with van der Waals surface area (Å²) in [5.74, 6) is 0. The van der Waals surface area contributed by atoms with E-state index in [4.69, 9.17) is 0 Å². The highest BCUT2D eigenvalue weighted by Gasteiger charge is 2.27. The van der Waals surface area contributed by atoms with Crippen molar-refractivity contribution in [3.8, 4) is 0 Å². The minimum absolute atomic E-state index is 0.0601. The maximum Gasteiger partial charge on any atom is 0.268 e. The van der Waals surface area contributed by atoms with Crippen LogP contribution in [0.1, 0.15) is 11.1 Å². The Kier molecular flexibility index (Phi) is 7.46. The van der Waals surface area contributed by atoms with Gasteiger partial charge in [-0.2, -0.15) is 0 Å². The first-order valence-corrected chi connectivity index (χ1v) is 13.6. The lowest BCUT2D eigenvalue weighted by Gasteiger charge is -2.24. The van der Waals surface area contributed by atoms with Gasteiger partial charge in [0.25, 0.3) is 20.0 Å². The molecule has 0 aliphatic heterocycles. The van der Waals surface area contributed by atoms with Crippen LogP contribution in [-0.4, -0.2) is 16.8 Å². The van der Waals surface area contributed by atoms with Crippen molar-refractivity contribution in [1.29, 1.82) is 0 Å². The Hall–Kier alpha value is -2.88. The first-order chi connectivity index (χ1) is 15.5. The second-order valence-electron chi connectivity index (χ2n) is 7.27. The number of rotatable bonds is 8. The lowest BCUT2D eigenvalue weighted by Crippen LogP contribution is -2.27. The topological polar surface area (TPSA) is 83.6 Å². The number of nitrogens with zero attached hydrogens (tertiary/aromatic N) is 1. The van der Waals surface area contributed by atoms with E-state index in [2.05, 4.69) is 27.2 Å². The maximum atomic E-state index is 13.6. The van der Waals surface area contributed by atoms with Gasteiger partial charge in [0, 0.05) is 10.7 Å². The lowest BCUT2D eigenvalue weighted by molar-refractivity contribution is 0.595. The fourth-order valence-electron chi connectivity index (χ4n) is 2.93. The van der Waals surface area contributed by atoms with Gasteiger partial charge in [0.15, 0.2) is 0 Å². The van der Waals surface area contributed by atoms with E-state index in [-0.39, 0.29) is 21.2 Å². The molecule has 0 fully saturated rings. The SMILES string of the molecule is C=C/C(Br)=C\N(c1ccccc1NS(=O)(=O)c1ccc(C)cc1)S(=O)(=O)c1ccc(C)cc1. The molecule has 3 aromatic rings. The van der Waals surface area contributed by atoms with Crippen LogP contribution in [0.25, 0.3) is 0 Å². The Morgan fingerprint density at radius 1 is 0.848 bits per heavy atom. The van der Waals surface area contributed by atoms with E-state index in [1.807, 2.05) is 13.8 Å². The molecule has 6 nitrogen and oxygen atoms in total. The molecule has 0 aliphatic carbocycles. The van der Waals surface area contributed by atoms with E-state index in [1.165, 1.54) is 48.7 Å². The van der Waals surface area contributed by atoms with E-state index in [9.17, 15) is 16.8 Å². The number of aryl methyl sites for hydroxylation is 2. The van der Waals surface area contributed by atoms with Crippen LogP contribution >= 0.6 is 15.9 Å². The highest BCUT2D eigenvalue weighted by molar-refractivity contribution is 9.11. The molecule has 0 radical (unpaired) electrons. The zero-order valence-corrected chi connectivity index (χ0v) is 21.3. The summed E-state index contributed by atoms with van der Waals surface area (Å²) in [6.07, 6.45) is 2.78. The molecule has 172 valence electrons. The maximum absolute atomic E-state index is 13.6. The van der Waals surface area contributed by atoms with Gasteiger partial charge < -0.3 is 0 Å². The molecule has 3 aromatic carbocycles. The first-order valence-electron chi connectivity index (χ1n) is 9.84. The molecule has 0 heterocycles. The van der Waals surface area contributed by atoms with Crippen LogP contribution in [0.15, 0.2) is 106 Å². The van der Waals surface area contributed by atoms with Crippen LogP contribution in [0.5, 0.6) is 0 Å². The molecular weight excluding hydrogens is 524 g/mol. The van der Waals surface area contributed by atoms with Gasteiger partial charge in [0.05, 0.1) is 21.2 Å². The molecule has 0 saturated heterocycles. The molecule has 0 saturated carbocycles. The van der Waals surface area contributed by atoms with Crippen molar-refractivity contribution < 1.29 is 16.8 Å². The van der Waals surface area contributed by atoms with Crippen molar-refractivity contribution in [2.45, 2.75) is 23.6 Å². The molecule has 0 amide bonds. The largest absolute Gasteiger partial charge is 0.277 e. The third-order valence-electron chi connectivity index (χ3n) is 4.73. The predicted molar refractivity (Wildman–Crippen MR) is 136 cm³/mol. The van der Waals surface area contributed by atoms with Gasteiger partial charge in [0.1, 0.15) is 0 Å². The molecule has 0 unspecified atom stereocenters. The van der Waals surface area contributed by atoms with Crippen molar-refractivity contribution in [2.75, 3.05) is 9.03 Å². The molecule has 3 rings (SSSR count). The molecule has 0 spiro atoms. The molecule has 0 aromatic heterocycles. The molecule has 33 heavy (non-hydrogen) atoms. The zero-order valence-electron chi connectivity index (χ0n) is 18.1. The number of hydrogen-bond donors (Lipinski definition) is 1. The van der Waals surface area contributed by atoms with E-state index < -0.39 is 20.0 Å². The second-order valence-corrected chi connectivity index (χ2v) is 11.7. The van der Waals surface area contributed by atoms with Crippen molar-refractivity contribution in [3.63, 3.8) is 0 Å². The van der Waals surface area contributed by atoms with Gasteiger partial charge in [-0.05, 0) is 66.2 Å². The lowest BCUT2D eigenvalue weighted by atomic mass is 10.2. The molecule has 0 atom stereocenters. The number of para-hydroxylation sites is 2. The summed E-state index contributed by atoms with van der Waals surface area (Å²) in [6.45, 7) is 7.37. The summed E-state index contributed by atoms with van der Waals surface area (Å²) in [5.41, 5.74) is 2.07. The third kappa shape index (κ3) is 5.73. The minimum Gasteiger partial charge on any atom is -0.277 e. The Morgan fingerprint density at radius 2 is 1.36 bits per heavy atom. The van der Waals surface area contributed by atoms with Gasteiger partial charge in [-0.15, -0.1) is 0 Å². The minimum atomic E-state index is -4.08. The van der Waals surface area contributed by atoms with E-state index in [0.717, 1.165) is 15.4 Å². The Labute approximate surface area is 203 Å². The van der Waals surface area contributed by atoms with E-state index in [0.29, 0.717) is 4.48 Å². The standard InChI is InChI=1S/C24H23BrN2O4S2/c1-4-20(25)17-27(33(30,31)22-15-11-19(3)12-16-22)24-8-6-5-7-23(24)26-32(28,29)21-13-9-18(2)10-14-21/h4-17,26H,1H2,2-3H3/b20-17+. The number of halogens is 1. The van der Waals surface area contributed by atoms with E-state index >= 15 is 0 Å². The molecule has 0 bridgehead atoms. The van der Waals surface area contributed by atoms with Gasteiger partial charge >= 0.3 is 0 Å². The average Bonchev–Trinajstić information content (AvgIpc) is 2.78. The van der Waals surface area contributed by atoms with E-state index in [1.54, 1.807) is 36.4 Å². The number of nitrogens with one attached hydrogen (secondary N) is 1. The highest BCUT2D eigenvalue weighted by Crippen LogP contribution is 2.33. The summed E-state index contributed by atoms with van der Waals surface area (Å²) >= 11 is 3.28. The van der Waals surface area contributed by atoms with Gasteiger partial charge in [-0.3, -0.25) is 4.72 Å². The first kappa shape index (κ1) is 24.8. The van der Waals surface area contributed by atoms with Gasteiger partial charge in [-0.25, -0.2) is 21.1 Å². The fourth-order valence-corrected chi connectivity index (χ4v) is 5.72. The number of allylic oxidation sites excluding steroid dienone is 2. The summed E-state index contributed by atoms with van der Waals surface area (Å²) in [7, 11) is -8.04. The van der Waals surface area contributed by atoms with Crippen molar-refractivity contribution in [3.05, 3.63) is 107 Å². The van der Waals surface area contributed by atoms with Crippen LogP contribution in [0.3, 0.4) is 0 Å². The quantitative estimate of drug-likeness (QED) is 0.366. The number of sulfonamides is 2. The monoisotopic (exact) mass is 546 g/mol. The zero-order chi connectivity index (χ0) is 24.2. The Morgan fingerprint density at radius 3 is 1.91 bits per heavy atom. The van der Waals surface area contributed by atoms with Crippen molar-refractivity contribution in [2.24, 2.45) is 0 Å². The molecular formula is C24H23BrN2O4S2. The predicted octanol–water partition coefficient (Wildman–Crippen LogP) is 5.72. The van der Waals surface area contributed by atoms with Crippen LogP contribution in [0.2, 0.25) is 0 Å². The number of hydrogen-bond acceptors (Lipinski definition) is 4. The second kappa shape index (κ2) is 9.94. The molecule has 1 N–H and O–H groups in total. The fraction of sp³-hybridized carbons (Fsp3) is 0.0833. The van der Waals surface area contributed by atoms with Crippen LogP contribution in [-0.2, 0) is 20.0 Å². The van der Waals surface area contributed by atoms with Crippen molar-refractivity contribution >= 4 is 47.4 Å². The normalized spacial score (nSPS) is 12.3. The van der Waals surface area contributed by atoms with Crippen molar-refractivity contribution in [1.82, 2.24) is 0 Å². The van der Waals surface area contributed by atoms with Crippen LogP contribution in [0.4, 0.5) is 11.4 Å². The Bertz CT molecular complexity index is 1400. The Balaban J connectivity index is 2.14. The van der Waals surface area contributed by atoms with Gasteiger partial charge in [0.2, 0.25) is 0 Å². The number of anilines is 2. The van der Waals surface area contributed by atoms with Gasteiger partial charge in [-0.1, -0.05) is 60.2 Å². The van der Waals surface area contributed by atoms with Crippen LogP contribution in [0, 0.1) is 13.8 Å². The van der Waals surface area contributed by atoms with Crippen LogP contribution < -0.4 is 9.03 Å². The molecule has 0 aliphatic rings. The average molecular weight is 547 g/mol. The summed E-state index contributed by atoms with van der Waals surface area (Å²) in [5, 5.41) is 0. The summed E-state index contributed by atoms with van der Waals surface area (Å²) in [6, 6.07) is 19.1. The highest BCUT2D eigenvalue weighted by atomic mass is 79.9. The molecule has 9 heteroatoms. The number of benzene rings is 3. The summed E-state index contributed by atoms with van der Waals surface area (Å²) in [4.78, 5) is 0.128. The third-order valence-corrected chi connectivity index (χ3v) is 8.33. The smallest absolute Gasteiger partial charge is 0.268 e.